The zero-order valence-electron chi connectivity index (χ0n) is 9.35. The van der Waals surface area contributed by atoms with Gasteiger partial charge < -0.3 is 15.2 Å². The average molecular weight is 234 g/mol. The minimum atomic E-state index is -0.269. The fourth-order valence-corrected chi connectivity index (χ4v) is 1.19. The first kappa shape index (κ1) is 13.0. The van der Waals surface area contributed by atoms with Gasteiger partial charge in [-0.05, 0) is 17.7 Å². The fraction of sp³-hybridized carbons (Fsp3) is 0.333. The summed E-state index contributed by atoms with van der Waals surface area (Å²) in [7, 11) is 0. The zero-order valence-corrected chi connectivity index (χ0v) is 9.35. The normalized spacial score (nSPS) is 9.41. The lowest BCUT2D eigenvalue weighted by atomic mass is 10.2. The van der Waals surface area contributed by atoms with E-state index >= 15 is 0 Å². The second-order valence-corrected chi connectivity index (χ2v) is 3.35. The summed E-state index contributed by atoms with van der Waals surface area (Å²) in [5, 5.41) is 19.8. The molecule has 5 heteroatoms. The molecule has 0 fully saturated rings. The number of hydrogen-bond donors (Lipinski definition) is 2. The summed E-state index contributed by atoms with van der Waals surface area (Å²) < 4.78 is 5.23. The average Bonchev–Trinajstić information content (AvgIpc) is 2.37. The number of carbonyl (C=O) groups is 1. The molecule has 0 radical (unpaired) electrons. The molecule has 1 amide bonds. The van der Waals surface area contributed by atoms with Gasteiger partial charge in [-0.1, -0.05) is 12.1 Å². The van der Waals surface area contributed by atoms with Crippen LogP contribution in [-0.4, -0.2) is 24.2 Å². The number of nitrogens with one attached hydrogen (secondary N) is 1. The van der Waals surface area contributed by atoms with Crippen LogP contribution in [0.4, 0.5) is 0 Å². The monoisotopic (exact) mass is 234 g/mol. The highest BCUT2D eigenvalue weighted by molar-refractivity contribution is 5.77. The van der Waals surface area contributed by atoms with E-state index in [2.05, 4.69) is 5.32 Å². The van der Waals surface area contributed by atoms with Crippen molar-refractivity contribution in [3.8, 4) is 11.8 Å². The van der Waals surface area contributed by atoms with Gasteiger partial charge in [0.25, 0.3) is 5.91 Å². The Hall–Kier alpha value is -2.06. The zero-order chi connectivity index (χ0) is 12.5. The van der Waals surface area contributed by atoms with Gasteiger partial charge in [-0.2, -0.15) is 5.26 Å². The predicted molar refractivity (Wildman–Crippen MR) is 61.1 cm³/mol. The van der Waals surface area contributed by atoms with Gasteiger partial charge in [0.2, 0.25) is 0 Å². The van der Waals surface area contributed by atoms with Crippen LogP contribution in [0.3, 0.4) is 0 Å². The fourth-order valence-electron chi connectivity index (χ4n) is 1.19. The maximum Gasteiger partial charge on any atom is 0.257 e. The summed E-state index contributed by atoms with van der Waals surface area (Å²) in [4.78, 5) is 11.3. The highest BCUT2D eigenvalue weighted by Gasteiger charge is 2.02. The van der Waals surface area contributed by atoms with E-state index in [1.54, 1.807) is 24.3 Å². The van der Waals surface area contributed by atoms with Crippen LogP contribution >= 0.6 is 0 Å². The number of aliphatic hydroxyl groups is 1. The van der Waals surface area contributed by atoms with Crippen molar-refractivity contribution in [1.82, 2.24) is 5.32 Å². The molecule has 1 aromatic carbocycles. The molecular formula is C12H14N2O3. The van der Waals surface area contributed by atoms with E-state index in [1.807, 2.05) is 6.07 Å². The third-order valence-corrected chi connectivity index (χ3v) is 2.01. The van der Waals surface area contributed by atoms with Crippen molar-refractivity contribution >= 4 is 5.91 Å². The Morgan fingerprint density at radius 3 is 3.06 bits per heavy atom. The van der Waals surface area contributed by atoms with Crippen LogP contribution in [0.5, 0.6) is 5.75 Å². The van der Waals surface area contributed by atoms with E-state index in [0.29, 0.717) is 12.3 Å². The number of amides is 1. The molecule has 0 aromatic heterocycles. The second kappa shape index (κ2) is 7.25. The Kier molecular flexibility index (Phi) is 5.55. The molecule has 0 aliphatic rings. The highest BCUT2D eigenvalue weighted by Crippen LogP contribution is 2.12. The number of aliphatic hydroxyl groups excluding tert-OH is 1. The lowest BCUT2D eigenvalue weighted by molar-refractivity contribution is -0.123. The number of hydrogen-bond acceptors (Lipinski definition) is 4. The van der Waals surface area contributed by atoms with E-state index in [1.165, 1.54) is 0 Å². The molecule has 90 valence electrons. The molecule has 1 rings (SSSR count). The molecule has 1 aromatic rings. The van der Waals surface area contributed by atoms with Crippen molar-refractivity contribution in [3.05, 3.63) is 29.8 Å². The lowest BCUT2D eigenvalue weighted by Crippen LogP contribution is -2.29. The number of rotatable bonds is 6. The van der Waals surface area contributed by atoms with E-state index in [4.69, 9.17) is 15.1 Å². The van der Waals surface area contributed by atoms with Gasteiger partial charge in [0.15, 0.2) is 6.61 Å². The molecule has 0 saturated carbocycles. The number of nitriles is 1. The van der Waals surface area contributed by atoms with E-state index in [0.717, 1.165) is 5.56 Å². The van der Waals surface area contributed by atoms with Gasteiger partial charge in [-0.25, -0.2) is 0 Å². The summed E-state index contributed by atoms with van der Waals surface area (Å²) in [6, 6.07) is 8.82. The molecule has 0 spiro atoms. The molecule has 5 nitrogen and oxygen atoms in total. The predicted octanol–water partition coefficient (Wildman–Crippen LogP) is 0.588. The molecule has 0 unspecified atom stereocenters. The molecule has 0 aliphatic carbocycles. The van der Waals surface area contributed by atoms with E-state index < -0.39 is 0 Å². The largest absolute Gasteiger partial charge is 0.484 e. The van der Waals surface area contributed by atoms with Crippen molar-refractivity contribution < 1.29 is 14.6 Å². The molecule has 2 N–H and O–H groups in total. The number of nitrogens with zero attached hydrogens (tertiary/aromatic N) is 1. The Morgan fingerprint density at radius 1 is 1.53 bits per heavy atom. The van der Waals surface area contributed by atoms with Crippen molar-refractivity contribution in [2.45, 2.75) is 13.0 Å². The first-order valence-electron chi connectivity index (χ1n) is 5.22. The first-order chi connectivity index (χ1) is 8.26. The van der Waals surface area contributed by atoms with Crippen LogP contribution in [-0.2, 0) is 11.4 Å². The molecule has 0 saturated heterocycles. The third-order valence-electron chi connectivity index (χ3n) is 2.01. The maximum atomic E-state index is 11.3. The summed E-state index contributed by atoms with van der Waals surface area (Å²) >= 11 is 0. The number of benzene rings is 1. The van der Waals surface area contributed by atoms with Crippen LogP contribution in [0.2, 0.25) is 0 Å². The van der Waals surface area contributed by atoms with Crippen LogP contribution in [0, 0.1) is 11.3 Å². The molecular weight excluding hydrogens is 220 g/mol. The van der Waals surface area contributed by atoms with E-state index in [-0.39, 0.29) is 25.5 Å². The Bertz CT molecular complexity index is 412. The van der Waals surface area contributed by atoms with Crippen molar-refractivity contribution in [3.63, 3.8) is 0 Å². The second-order valence-electron chi connectivity index (χ2n) is 3.35. The van der Waals surface area contributed by atoms with Crippen LogP contribution < -0.4 is 10.1 Å². The standard InChI is InChI=1S/C12H14N2O3/c13-5-2-6-14-12(16)9-17-11-4-1-3-10(7-11)8-15/h1,3-4,7,15H,2,6,8-9H2,(H,14,16). The highest BCUT2D eigenvalue weighted by atomic mass is 16.5. The lowest BCUT2D eigenvalue weighted by Gasteiger charge is -2.07. The van der Waals surface area contributed by atoms with Crippen molar-refractivity contribution in [1.29, 1.82) is 5.26 Å². The van der Waals surface area contributed by atoms with E-state index in [9.17, 15) is 4.79 Å². The maximum absolute atomic E-state index is 11.3. The summed E-state index contributed by atoms with van der Waals surface area (Å²) in [6.07, 6.45) is 0.283. The first-order valence-corrected chi connectivity index (χ1v) is 5.22. The van der Waals surface area contributed by atoms with Gasteiger partial charge in [0, 0.05) is 6.54 Å². The third kappa shape index (κ3) is 5.00. The molecule has 0 aliphatic heterocycles. The van der Waals surface area contributed by atoms with Gasteiger partial charge in [-0.15, -0.1) is 0 Å². The minimum absolute atomic E-state index is 0.0639. The van der Waals surface area contributed by atoms with Gasteiger partial charge in [0.1, 0.15) is 5.75 Å². The SMILES string of the molecule is N#CCCNC(=O)COc1cccc(CO)c1. The van der Waals surface area contributed by atoms with Gasteiger partial charge >= 0.3 is 0 Å². The molecule has 0 bridgehead atoms. The minimum Gasteiger partial charge on any atom is -0.484 e. The van der Waals surface area contributed by atoms with Crippen molar-refractivity contribution in [2.24, 2.45) is 0 Å². The molecule has 17 heavy (non-hydrogen) atoms. The summed E-state index contributed by atoms with van der Waals surface area (Å²) in [5.74, 6) is 0.265. The van der Waals surface area contributed by atoms with Crippen LogP contribution in [0.25, 0.3) is 0 Å². The summed E-state index contributed by atoms with van der Waals surface area (Å²) in [6.45, 7) is 0.168. The quantitative estimate of drug-likeness (QED) is 0.706. The Balaban J connectivity index is 2.34. The molecule has 0 atom stereocenters. The summed E-state index contributed by atoms with van der Waals surface area (Å²) in [5.41, 5.74) is 0.729. The number of carbonyl (C=O) groups excluding carboxylic acids is 1. The Morgan fingerprint density at radius 2 is 2.35 bits per heavy atom. The Labute approximate surface area is 99.6 Å². The topological polar surface area (TPSA) is 82.4 Å². The van der Waals surface area contributed by atoms with Gasteiger partial charge in [0.05, 0.1) is 19.1 Å². The number of ether oxygens (including phenoxy) is 1. The van der Waals surface area contributed by atoms with Crippen LogP contribution in [0.1, 0.15) is 12.0 Å². The van der Waals surface area contributed by atoms with Crippen LogP contribution in [0.15, 0.2) is 24.3 Å². The smallest absolute Gasteiger partial charge is 0.257 e. The van der Waals surface area contributed by atoms with Crippen molar-refractivity contribution in [2.75, 3.05) is 13.2 Å². The molecule has 0 heterocycles. The van der Waals surface area contributed by atoms with Gasteiger partial charge in [-0.3, -0.25) is 4.79 Å².